The van der Waals surface area contributed by atoms with Gasteiger partial charge in [0, 0.05) is 23.6 Å². The van der Waals surface area contributed by atoms with Gasteiger partial charge in [-0.15, -0.1) is 17.9 Å². The first-order valence-corrected chi connectivity index (χ1v) is 12.3. The van der Waals surface area contributed by atoms with E-state index in [0.717, 1.165) is 14.4 Å². The lowest BCUT2D eigenvalue weighted by atomic mass is 9.99. The second-order valence-electron chi connectivity index (χ2n) is 4.03. The van der Waals surface area contributed by atoms with Gasteiger partial charge in [-0.05, 0) is 31.8 Å². The monoisotopic (exact) mass is 302 g/mol. The molecule has 0 saturated heterocycles. The van der Waals surface area contributed by atoms with Crippen molar-refractivity contribution in [3.05, 3.63) is 29.6 Å². The van der Waals surface area contributed by atoms with Gasteiger partial charge in [0.2, 0.25) is 0 Å². The number of rotatable bonds is 4. The highest BCUT2D eigenvalue weighted by atomic mass is 32.6. The largest absolute Gasteiger partial charge is 0.361 e. The maximum atomic E-state index is 4.59. The Balaban J connectivity index is 2.30. The van der Waals surface area contributed by atoms with Crippen LogP contribution in [0.1, 0.15) is 25.3 Å². The molecule has 2 heterocycles. The Hall–Kier alpha value is 0.410. The van der Waals surface area contributed by atoms with E-state index in [2.05, 4.69) is 47.3 Å². The SMILES string of the molecule is CCCC1=CNc2ccnc(P(P)PP)c2C1. The molecule has 0 aromatic carbocycles. The lowest BCUT2D eigenvalue weighted by Gasteiger charge is -2.22. The van der Waals surface area contributed by atoms with Gasteiger partial charge >= 0.3 is 0 Å². The first-order chi connectivity index (χ1) is 8.26. The number of anilines is 1. The van der Waals surface area contributed by atoms with E-state index < -0.39 is 0 Å². The van der Waals surface area contributed by atoms with Crippen molar-refractivity contribution in [1.29, 1.82) is 0 Å². The number of allylic oxidation sites excluding steroid dienone is 1. The number of nitrogens with zero attached hydrogens (tertiary/aromatic N) is 1. The van der Waals surface area contributed by atoms with Gasteiger partial charge in [0.15, 0.2) is 0 Å². The summed E-state index contributed by atoms with van der Waals surface area (Å²) in [4.78, 5) is 4.59. The van der Waals surface area contributed by atoms with Gasteiger partial charge in [-0.25, -0.2) is 0 Å². The van der Waals surface area contributed by atoms with E-state index in [0.29, 0.717) is 0 Å². The normalized spacial score (nSPS) is 16.5. The van der Waals surface area contributed by atoms with Crippen LogP contribution in [0.3, 0.4) is 0 Å². The molecule has 92 valence electrons. The molecule has 2 nitrogen and oxygen atoms in total. The summed E-state index contributed by atoms with van der Waals surface area (Å²) in [7, 11) is 6.49. The average molecular weight is 302 g/mol. The van der Waals surface area contributed by atoms with Gasteiger partial charge in [0.05, 0.1) is 5.44 Å². The molecule has 0 spiro atoms. The van der Waals surface area contributed by atoms with Crippen LogP contribution in [0.2, 0.25) is 0 Å². The van der Waals surface area contributed by atoms with Crippen LogP contribution >= 0.6 is 33.1 Å². The molecule has 0 radical (unpaired) electrons. The van der Waals surface area contributed by atoms with Crippen molar-refractivity contribution in [2.24, 2.45) is 0 Å². The summed E-state index contributed by atoms with van der Waals surface area (Å²) in [5.41, 5.74) is 5.45. The Bertz CT molecular complexity index is 433. The lowest BCUT2D eigenvalue weighted by Crippen LogP contribution is -2.16. The topological polar surface area (TPSA) is 24.9 Å². The minimum atomic E-state index is -0.187. The predicted molar refractivity (Wildman–Crippen MR) is 88.8 cm³/mol. The lowest BCUT2D eigenvalue weighted by molar-refractivity contribution is 0.863. The van der Waals surface area contributed by atoms with E-state index in [1.54, 1.807) is 0 Å². The zero-order valence-corrected chi connectivity index (χ0v) is 14.1. The fourth-order valence-electron chi connectivity index (χ4n) is 2.00. The van der Waals surface area contributed by atoms with E-state index in [1.165, 1.54) is 35.1 Å². The van der Waals surface area contributed by atoms with Crippen molar-refractivity contribution in [1.82, 2.24) is 4.98 Å². The second kappa shape index (κ2) is 6.54. The van der Waals surface area contributed by atoms with Crippen molar-refractivity contribution < 1.29 is 0 Å². The van der Waals surface area contributed by atoms with Gasteiger partial charge in [0.25, 0.3) is 0 Å². The highest BCUT2D eigenvalue weighted by Crippen LogP contribution is 2.65. The molecule has 0 bridgehead atoms. The first kappa shape index (κ1) is 13.8. The average Bonchev–Trinajstić information content (AvgIpc) is 2.37. The Morgan fingerprint density at radius 2 is 2.41 bits per heavy atom. The Labute approximate surface area is 110 Å². The first-order valence-electron chi connectivity index (χ1n) is 5.69. The molecule has 0 aliphatic carbocycles. The van der Waals surface area contributed by atoms with Gasteiger partial charge in [-0.3, -0.25) is 4.98 Å². The molecule has 0 amide bonds. The third-order valence-electron chi connectivity index (χ3n) is 2.81. The molecule has 6 heteroatoms. The number of hydrogen-bond acceptors (Lipinski definition) is 2. The minimum Gasteiger partial charge on any atom is -0.361 e. The molecule has 4 unspecified atom stereocenters. The Morgan fingerprint density at radius 3 is 3.12 bits per heavy atom. The standard InChI is InChI=1S/C11H18N2P4/c1-2-3-8-6-9-10(13-7-8)4-5-12-11(9)17(15)16-14/h4-5,7,13,16H,2-3,6,14-15H2,1H3. The van der Waals surface area contributed by atoms with Gasteiger partial charge < -0.3 is 5.32 Å². The summed E-state index contributed by atoms with van der Waals surface area (Å²) in [5, 5.41) is 3.41. The summed E-state index contributed by atoms with van der Waals surface area (Å²) in [5.74, 6) is 0. The molecule has 2 rings (SSSR count). The molecule has 1 aliphatic heterocycles. The van der Waals surface area contributed by atoms with Crippen molar-refractivity contribution in [3.8, 4) is 0 Å². The van der Waals surface area contributed by atoms with Crippen LogP contribution in [0.15, 0.2) is 24.0 Å². The molecular formula is C11H18N2P4. The number of aromatic nitrogens is 1. The third-order valence-corrected chi connectivity index (χ3v) is 12.7. The van der Waals surface area contributed by atoms with Crippen LogP contribution in [0, 0.1) is 0 Å². The van der Waals surface area contributed by atoms with Crippen molar-refractivity contribution in [3.63, 3.8) is 0 Å². The maximum absolute atomic E-state index is 4.59. The quantitative estimate of drug-likeness (QED) is 0.850. The molecule has 1 aliphatic rings. The number of hydrogen-bond donors (Lipinski definition) is 1. The van der Waals surface area contributed by atoms with Crippen molar-refractivity contribution in [2.45, 2.75) is 26.2 Å². The number of nitrogens with one attached hydrogen (secondary N) is 1. The summed E-state index contributed by atoms with van der Waals surface area (Å²) in [6, 6.07) is 2.08. The number of fused-ring (bicyclic) bond motifs is 1. The zero-order valence-electron chi connectivity index (χ0n) is 9.90. The van der Waals surface area contributed by atoms with E-state index in [9.17, 15) is 0 Å². The molecular weight excluding hydrogens is 284 g/mol. The van der Waals surface area contributed by atoms with E-state index >= 15 is 0 Å². The molecule has 1 N–H and O–H groups in total. The van der Waals surface area contributed by atoms with Gasteiger partial charge in [-0.1, -0.05) is 21.3 Å². The molecule has 1 aromatic rings. The minimum absolute atomic E-state index is 0.187. The number of pyridine rings is 1. The van der Waals surface area contributed by atoms with E-state index in [1.807, 2.05) is 6.20 Å². The summed E-state index contributed by atoms with van der Waals surface area (Å²) >= 11 is 0. The predicted octanol–water partition coefficient (Wildman–Crippen LogP) is 4.01. The molecule has 0 saturated carbocycles. The Kier molecular flexibility index (Phi) is 5.32. The maximum Gasteiger partial charge on any atom is 0.0768 e. The van der Waals surface area contributed by atoms with Gasteiger partial charge in [0.1, 0.15) is 0 Å². The summed E-state index contributed by atoms with van der Waals surface area (Å²) < 4.78 is 0. The van der Waals surface area contributed by atoms with E-state index in [4.69, 9.17) is 0 Å². The van der Waals surface area contributed by atoms with Crippen LogP contribution in [0.25, 0.3) is 0 Å². The smallest absolute Gasteiger partial charge is 0.0768 e. The fraction of sp³-hybridized carbons (Fsp3) is 0.364. The van der Waals surface area contributed by atoms with Crippen molar-refractivity contribution in [2.75, 3.05) is 5.32 Å². The highest BCUT2D eigenvalue weighted by Gasteiger charge is 2.18. The van der Waals surface area contributed by atoms with Crippen LogP contribution in [-0.4, -0.2) is 4.98 Å². The summed E-state index contributed by atoms with van der Waals surface area (Å²) in [6.07, 6.45) is 7.55. The second-order valence-corrected chi connectivity index (χ2v) is 13.1. The molecule has 4 atom stereocenters. The summed E-state index contributed by atoms with van der Waals surface area (Å²) in [6.45, 7) is 2.23. The van der Waals surface area contributed by atoms with Gasteiger partial charge in [-0.2, -0.15) is 0 Å². The third kappa shape index (κ3) is 3.24. The zero-order chi connectivity index (χ0) is 12.3. The molecule has 0 fully saturated rings. The van der Waals surface area contributed by atoms with Crippen LogP contribution in [0.5, 0.6) is 0 Å². The van der Waals surface area contributed by atoms with Crippen LogP contribution in [-0.2, 0) is 6.42 Å². The highest BCUT2D eigenvalue weighted by molar-refractivity contribution is 8.63. The van der Waals surface area contributed by atoms with Crippen LogP contribution in [0.4, 0.5) is 5.69 Å². The molecule has 1 aromatic heterocycles. The van der Waals surface area contributed by atoms with Crippen molar-refractivity contribution >= 4 is 44.2 Å². The van der Waals surface area contributed by atoms with E-state index in [-0.39, 0.29) is 7.30 Å². The molecule has 17 heavy (non-hydrogen) atoms. The van der Waals surface area contributed by atoms with Crippen LogP contribution < -0.4 is 10.8 Å². The Morgan fingerprint density at radius 1 is 1.59 bits per heavy atom. The fourth-order valence-corrected chi connectivity index (χ4v) is 5.52.